The zero-order valence-corrected chi connectivity index (χ0v) is 17.8. The largest absolute Gasteiger partial charge is 0.389 e. The summed E-state index contributed by atoms with van der Waals surface area (Å²) >= 11 is 0. The third kappa shape index (κ3) is 5.56. The van der Waals surface area contributed by atoms with Gasteiger partial charge in [-0.2, -0.15) is 0 Å². The van der Waals surface area contributed by atoms with Gasteiger partial charge in [0.05, 0.1) is 5.60 Å². The second-order valence-electron chi connectivity index (χ2n) is 8.26. The van der Waals surface area contributed by atoms with E-state index in [2.05, 4.69) is 43.4 Å². The van der Waals surface area contributed by atoms with Crippen molar-refractivity contribution in [2.75, 3.05) is 13.1 Å². The number of benzene rings is 2. The molecule has 2 aromatic carbocycles. The normalized spacial score (nSPS) is 21.2. The number of nitrogens with one attached hydrogen (secondary N) is 1. The van der Waals surface area contributed by atoms with Crippen LogP contribution in [0.3, 0.4) is 0 Å². The van der Waals surface area contributed by atoms with E-state index >= 15 is 0 Å². The van der Waals surface area contributed by atoms with Gasteiger partial charge in [-0.25, -0.2) is 4.39 Å². The molecule has 2 aromatic rings. The standard InChI is InChI=1S/C24H32FNO.ClH/c1-18(2)23-22-11-10-21(25)17-20(22)12-13-24(23,27)14-16-26-15-6-9-19-7-4-3-5-8-19;/h3-5,7-8,10-11,17-18,23,26-27H,6,9,12-16H2,1-2H3;1H. The van der Waals surface area contributed by atoms with E-state index in [9.17, 15) is 9.50 Å². The van der Waals surface area contributed by atoms with Crippen LogP contribution in [0.15, 0.2) is 48.5 Å². The average Bonchev–Trinajstić information content (AvgIpc) is 2.65. The molecular weight excluding hydrogens is 373 g/mol. The van der Waals surface area contributed by atoms with Crippen LogP contribution >= 0.6 is 12.4 Å². The van der Waals surface area contributed by atoms with Gasteiger partial charge in [0, 0.05) is 5.92 Å². The molecule has 2 atom stereocenters. The summed E-state index contributed by atoms with van der Waals surface area (Å²) in [5.41, 5.74) is 2.85. The van der Waals surface area contributed by atoms with Gasteiger partial charge in [-0.05, 0) is 79.9 Å². The maximum Gasteiger partial charge on any atom is 0.123 e. The number of rotatable bonds is 8. The Morgan fingerprint density at radius 1 is 1.14 bits per heavy atom. The minimum absolute atomic E-state index is 0. The number of aryl methyl sites for hydroxylation is 2. The van der Waals surface area contributed by atoms with E-state index < -0.39 is 5.60 Å². The minimum atomic E-state index is -0.717. The highest BCUT2D eigenvalue weighted by Gasteiger charge is 2.42. The predicted octanol–water partition coefficient (Wildman–Crippen LogP) is 5.28. The van der Waals surface area contributed by atoms with Crippen LogP contribution in [0.4, 0.5) is 4.39 Å². The van der Waals surface area contributed by atoms with Crippen molar-refractivity contribution < 1.29 is 9.50 Å². The lowest BCUT2D eigenvalue weighted by Crippen LogP contribution is -2.45. The van der Waals surface area contributed by atoms with Gasteiger partial charge in [0.15, 0.2) is 0 Å². The van der Waals surface area contributed by atoms with Crippen molar-refractivity contribution in [2.45, 2.75) is 57.5 Å². The summed E-state index contributed by atoms with van der Waals surface area (Å²) in [6.07, 6.45) is 4.36. The zero-order chi connectivity index (χ0) is 19.3. The van der Waals surface area contributed by atoms with Crippen LogP contribution in [0, 0.1) is 11.7 Å². The van der Waals surface area contributed by atoms with Crippen LogP contribution in [0.2, 0.25) is 0 Å². The number of aliphatic hydroxyl groups is 1. The van der Waals surface area contributed by atoms with Crippen LogP contribution in [-0.4, -0.2) is 23.8 Å². The molecule has 1 aliphatic carbocycles. The minimum Gasteiger partial charge on any atom is -0.389 e. The van der Waals surface area contributed by atoms with E-state index in [1.807, 2.05) is 12.1 Å². The average molecular weight is 406 g/mol. The first-order valence-electron chi connectivity index (χ1n) is 10.2. The van der Waals surface area contributed by atoms with E-state index in [1.54, 1.807) is 6.07 Å². The SMILES string of the molecule is CC(C)C1c2ccc(F)cc2CCC1(O)CCNCCCc1ccccc1.Cl. The second-order valence-corrected chi connectivity index (χ2v) is 8.26. The maximum absolute atomic E-state index is 13.6. The van der Waals surface area contributed by atoms with Gasteiger partial charge in [0.2, 0.25) is 0 Å². The van der Waals surface area contributed by atoms with E-state index in [4.69, 9.17) is 0 Å². The van der Waals surface area contributed by atoms with E-state index in [-0.39, 0.29) is 24.1 Å². The van der Waals surface area contributed by atoms with Crippen LogP contribution in [0.5, 0.6) is 0 Å². The maximum atomic E-state index is 13.6. The fourth-order valence-electron chi connectivity index (χ4n) is 4.64. The van der Waals surface area contributed by atoms with Crippen LogP contribution in [-0.2, 0) is 12.8 Å². The van der Waals surface area contributed by atoms with Crippen LogP contribution in [0.25, 0.3) is 0 Å². The Kier molecular flexibility index (Phi) is 8.48. The van der Waals surface area contributed by atoms with Crippen LogP contribution < -0.4 is 5.32 Å². The van der Waals surface area contributed by atoms with Crippen molar-refractivity contribution >= 4 is 12.4 Å². The van der Waals surface area contributed by atoms with E-state index in [1.165, 1.54) is 11.6 Å². The first kappa shape index (κ1) is 22.9. The Morgan fingerprint density at radius 2 is 1.89 bits per heavy atom. The lowest BCUT2D eigenvalue weighted by Gasteiger charge is -2.44. The molecule has 0 saturated heterocycles. The highest BCUT2D eigenvalue weighted by molar-refractivity contribution is 5.85. The Bertz CT molecular complexity index is 737. The summed E-state index contributed by atoms with van der Waals surface area (Å²) in [5, 5.41) is 14.9. The lowest BCUT2D eigenvalue weighted by molar-refractivity contribution is -0.0241. The molecule has 28 heavy (non-hydrogen) atoms. The molecule has 2 unspecified atom stereocenters. The highest BCUT2D eigenvalue weighted by atomic mass is 35.5. The molecule has 2 N–H and O–H groups in total. The monoisotopic (exact) mass is 405 g/mol. The van der Waals surface area contributed by atoms with E-state index in [0.29, 0.717) is 12.3 Å². The molecule has 1 aliphatic rings. The molecular formula is C24H33ClFNO. The molecule has 0 fully saturated rings. The van der Waals surface area contributed by atoms with Gasteiger partial charge in [0.1, 0.15) is 5.82 Å². The molecule has 2 nitrogen and oxygen atoms in total. The van der Waals surface area contributed by atoms with E-state index in [0.717, 1.165) is 49.9 Å². The topological polar surface area (TPSA) is 32.3 Å². The van der Waals surface area contributed by atoms with Gasteiger partial charge in [0.25, 0.3) is 0 Å². The summed E-state index contributed by atoms with van der Waals surface area (Å²) in [7, 11) is 0. The molecule has 0 radical (unpaired) electrons. The fourth-order valence-corrected chi connectivity index (χ4v) is 4.64. The molecule has 0 heterocycles. The third-order valence-electron chi connectivity index (χ3n) is 5.91. The summed E-state index contributed by atoms with van der Waals surface area (Å²) < 4.78 is 13.6. The number of hydrogen-bond donors (Lipinski definition) is 2. The molecule has 0 bridgehead atoms. The fraction of sp³-hybridized carbons (Fsp3) is 0.500. The second kappa shape index (κ2) is 10.4. The predicted molar refractivity (Wildman–Crippen MR) is 117 cm³/mol. The van der Waals surface area contributed by atoms with Gasteiger partial charge >= 0.3 is 0 Å². The van der Waals surface area contributed by atoms with Crippen molar-refractivity contribution in [3.05, 3.63) is 71.0 Å². The quantitative estimate of drug-likeness (QED) is 0.586. The molecule has 0 aromatic heterocycles. The molecule has 4 heteroatoms. The molecule has 0 amide bonds. The first-order chi connectivity index (χ1) is 13.0. The summed E-state index contributed by atoms with van der Waals surface area (Å²) in [5.74, 6) is 0.201. The van der Waals surface area contributed by atoms with Gasteiger partial charge in [-0.15, -0.1) is 12.4 Å². The summed E-state index contributed by atoms with van der Waals surface area (Å²) in [6.45, 7) is 6.08. The molecule has 0 saturated carbocycles. The van der Waals surface area contributed by atoms with Crippen molar-refractivity contribution in [1.29, 1.82) is 0 Å². The number of fused-ring (bicyclic) bond motifs is 1. The van der Waals surface area contributed by atoms with Crippen LogP contribution in [0.1, 0.15) is 55.7 Å². The molecule has 0 aliphatic heterocycles. The molecule has 0 spiro atoms. The Balaban J connectivity index is 0.00000280. The number of halogens is 2. The Hall–Kier alpha value is -1.42. The highest BCUT2D eigenvalue weighted by Crippen LogP contribution is 2.45. The number of hydrogen-bond acceptors (Lipinski definition) is 2. The Labute approximate surface area is 175 Å². The lowest BCUT2D eigenvalue weighted by atomic mass is 9.66. The third-order valence-corrected chi connectivity index (χ3v) is 5.91. The van der Waals surface area contributed by atoms with Crippen molar-refractivity contribution in [1.82, 2.24) is 5.32 Å². The van der Waals surface area contributed by atoms with Gasteiger partial charge in [-0.1, -0.05) is 50.2 Å². The molecule has 3 rings (SSSR count). The first-order valence-corrected chi connectivity index (χ1v) is 10.2. The zero-order valence-electron chi connectivity index (χ0n) is 17.0. The molecule has 154 valence electrons. The summed E-state index contributed by atoms with van der Waals surface area (Å²) in [4.78, 5) is 0. The van der Waals surface area contributed by atoms with Crippen molar-refractivity contribution in [3.63, 3.8) is 0 Å². The smallest absolute Gasteiger partial charge is 0.123 e. The Morgan fingerprint density at radius 3 is 2.61 bits per heavy atom. The van der Waals surface area contributed by atoms with Gasteiger partial charge in [-0.3, -0.25) is 0 Å². The van der Waals surface area contributed by atoms with Gasteiger partial charge < -0.3 is 10.4 Å². The van der Waals surface area contributed by atoms with Crippen molar-refractivity contribution in [3.8, 4) is 0 Å². The van der Waals surface area contributed by atoms with Crippen molar-refractivity contribution in [2.24, 2.45) is 5.92 Å². The summed E-state index contributed by atoms with van der Waals surface area (Å²) in [6, 6.07) is 15.6.